The van der Waals surface area contributed by atoms with E-state index in [1.165, 1.54) is 0 Å². The van der Waals surface area contributed by atoms with E-state index >= 15 is 0 Å². The third kappa shape index (κ3) is 5.75. The summed E-state index contributed by atoms with van der Waals surface area (Å²) in [4.78, 5) is 0. The topological polar surface area (TPSA) is 18.5 Å². The zero-order valence-corrected chi connectivity index (χ0v) is 7.25. The van der Waals surface area contributed by atoms with E-state index in [1.807, 2.05) is 12.6 Å². The molecule has 0 amide bonds. The molecule has 0 spiro atoms. The van der Waals surface area contributed by atoms with Gasteiger partial charge in [0.15, 0.2) is 0 Å². The maximum absolute atomic E-state index is 5.28. The fourth-order valence-electron chi connectivity index (χ4n) is 0.385. The van der Waals surface area contributed by atoms with Gasteiger partial charge in [-0.3, -0.25) is 0 Å². The predicted molar refractivity (Wildman–Crippen MR) is 40.8 cm³/mol. The van der Waals surface area contributed by atoms with Gasteiger partial charge in [-0.2, -0.15) is 0 Å². The van der Waals surface area contributed by atoms with Gasteiger partial charge in [0.1, 0.15) is 0 Å². The van der Waals surface area contributed by atoms with Crippen LogP contribution in [0.4, 0.5) is 0 Å². The molecule has 0 saturated heterocycles. The highest BCUT2D eigenvalue weighted by Crippen LogP contribution is 1.88. The van der Waals surface area contributed by atoms with Crippen LogP contribution >= 0.6 is 0 Å². The van der Waals surface area contributed by atoms with E-state index in [4.69, 9.17) is 8.85 Å². The zero-order chi connectivity index (χ0) is 7.11. The Labute approximate surface area is 58.3 Å². The van der Waals surface area contributed by atoms with E-state index in [9.17, 15) is 0 Å². The number of rotatable bonds is 5. The van der Waals surface area contributed by atoms with Crippen LogP contribution in [-0.2, 0) is 8.85 Å². The van der Waals surface area contributed by atoms with E-state index in [-0.39, 0.29) is 0 Å². The van der Waals surface area contributed by atoms with Gasteiger partial charge in [-0.1, -0.05) is 6.08 Å². The van der Waals surface area contributed by atoms with Crippen LogP contribution in [0.5, 0.6) is 0 Å². The van der Waals surface area contributed by atoms with Crippen molar-refractivity contribution in [1.82, 2.24) is 0 Å². The maximum Gasteiger partial charge on any atom is 0.317 e. The SMILES string of the molecule is C=CCCO[SiH](C)OC. The Hall–Kier alpha value is -0.123. The van der Waals surface area contributed by atoms with Crippen LogP contribution in [-0.4, -0.2) is 23.0 Å². The summed E-state index contributed by atoms with van der Waals surface area (Å²) < 4.78 is 10.3. The summed E-state index contributed by atoms with van der Waals surface area (Å²) in [5, 5.41) is 0. The van der Waals surface area contributed by atoms with Crippen LogP contribution in [0.1, 0.15) is 6.42 Å². The molecule has 0 saturated carbocycles. The van der Waals surface area contributed by atoms with Crippen LogP contribution in [0.15, 0.2) is 12.7 Å². The van der Waals surface area contributed by atoms with Crippen molar-refractivity contribution < 1.29 is 8.85 Å². The van der Waals surface area contributed by atoms with Crippen molar-refractivity contribution >= 4 is 9.28 Å². The van der Waals surface area contributed by atoms with Crippen molar-refractivity contribution in [3.05, 3.63) is 12.7 Å². The summed E-state index contributed by atoms with van der Waals surface area (Å²) in [5.41, 5.74) is 0. The van der Waals surface area contributed by atoms with Gasteiger partial charge in [0.25, 0.3) is 0 Å². The molecule has 0 bridgehead atoms. The molecule has 0 rings (SSSR count). The lowest BCUT2D eigenvalue weighted by Crippen LogP contribution is -2.16. The second-order valence-corrected chi connectivity index (χ2v) is 3.69. The third-order valence-corrected chi connectivity index (χ3v) is 2.38. The normalized spacial score (nSPS) is 13.1. The van der Waals surface area contributed by atoms with Crippen LogP contribution in [0.2, 0.25) is 6.55 Å². The average Bonchev–Trinajstić information content (AvgIpc) is 1.89. The lowest BCUT2D eigenvalue weighted by Gasteiger charge is -2.06. The Bertz CT molecular complexity index is 75.5. The van der Waals surface area contributed by atoms with E-state index in [0.29, 0.717) is 0 Å². The highest BCUT2D eigenvalue weighted by Gasteiger charge is 1.99. The molecule has 1 atom stereocenters. The third-order valence-electron chi connectivity index (χ3n) is 1.01. The first-order valence-corrected chi connectivity index (χ1v) is 5.16. The van der Waals surface area contributed by atoms with Gasteiger partial charge in [0, 0.05) is 13.7 Å². The molecule has 0 aliphatic rings. The van der Waals surface area contributed by atoms with Gasteiger partial charge < -0.3 is 8.85 Å². The average molecular weight is 146 g/mol. The van der Waals surface area contributed by atoms with Crippen molar-refractivity contribution in [3.63, 3.8) is 0 Å². The van der Waals surface area contributed by atoms with Crippen molar-refractivity contribution in [2.24, 2.45) is 0 Å². The minimum Gasteiger partial charge on any atom is -0.400 e. The van der Waals surface area contributed by atoms with Crippen molar-refractivity contribution in [2.45, 2.75) is 13.0 Å². The highest BCUT2D eigenvalue weighted by atomic mass is 28.3. The second-order valence-electron chi connectivity index (χ2n) is 1.75. The Morgan fingerprint density at radius 3 is 2.78 bits per heavy atom. The van der Waals surface area contributed by atoms with E-state index < -0.39 is 9.28 Å². The quantitative estimate of drug-likeness (QED) is 0.328. The first-order valence-electron chi connectivity index (χ1n) is 3.06. The maximum atomic E-state index is 5.28. The molecule has 0 aliphatic carbocycles. The highest BCUT2D eigenvalue weighted by molar-refractivity contribution is 6.42. The molecular weight excluding hydrogens is 132 g/mol. The smallest absolute Gasteiger partial charge is 0.317 e. The van der Waals surface area contributed by atoms with Crippen molar-refractivity contribution in [2.75, 3.05) is 13.7 Å². The fraction of sp³-hybridized carbons (Fsp3) is 0.667. The lowest BCUT2D eigenvalue weighted by molar-refractivity contribution is 0.239. The largest absolute Gasteiger partial charge is 0.400 e. The van der Waals surface area contributed by atoms with Crippen LogP contribution in [0.25, 0.3) is 0 Å². The summed E-state index contributed by atoms with van der Waals surface area (Å²) in [6.07, 6.45) is 2.76. The molecule has 0 aliphatic heterocycles. The summed E-state index contributed by atoms with van der Waals surface area (Å²) in [5.74, 6) is 0. The predicted octanol–water partition coefficient (Wildman–Crippen LogP) is 1.08. The minimum absolute atomic E-state index is 0.755. The Morgan fingerprint density at radius 2 is 2.33 bits per heavy atom. The summed E-state index contributed by atoms with van der Waals surface area (Å²) >= 11 is 0. The molecule has 54 valence electrons. The molecule has 0 fully saturated rings. The fourth-order valence-corrected chi connectivity index (χ4v) is 0.989. The number of hydrogen-bond acceptors (Lipinski definition) is 2. The van der Waals surface area contributed by atoms with Crippen LogP contribution < -0.4 is 0 Å². The van der Waals surface area contributed by atoms with Crippen molar-refractivity contribution in [1.29, 1.82) is 0 Å². The molecular formula is C6H14O2Si. The Balaban J connectivity index is 2.96. The molecule has 0 heterocycles. The summed E-state index contributed by atoms with van der Waals surface area (Å²) in [6, 6.07) is 0. The molecule has 0 radical (unpaired) electrons. The molecule has 0 N–H and O–H groups in total. The Kier molecular flexibility index (Phi) is 5.92. The summed E-state index contributed by atoms with van der Waals surface area (Å²) in [7, 11) is 0.425. The molecule has 3 heteroatoms. The van der Waals surface area contributed by atoms with E-state index in [2.05, 4.69) is 6.58 Å². The molecule has 0 aromatic carbocycles. The van der Waals surface area contributed by atoms with Gasteiger partial charge >= 0.3 is 9.28 Å². The summed E-state index contributed by atoms with van der Waals surface area (Å²) in [6.45, 7) is 6.34. The molecule has 1 unspecified atom stereocenters. The van der Waals surface area contributed by atoms with Crippen LogP contribution in [0.3, 0.4) is 0 Å². The van der Waals surface area contributed by atoms with Crippen LogP contribution in [0, 0.1) is 0 Å². The molecule has 0 aromatic heterocycles. The van der Waals surface area contributed by atoms with Gasteiger partial charge in [-0.25, -0.2) is 0 Å². The zero-order valence-electron chi connectivity index (χ0n) is 6.09. The first-order chi connectivity index (χ1) is 4.31. The van der Waals surface area contributed by atoms with E-state index in [1.54, 1.807) is 7.11 Å². The molecule has 2 nitrogen and oxygen atoms in total. The second kappa shape index (κ2) is 6.00. The van der Waals surface area contributed by atoms with Gasteiger partial charge in [-0.05, 0) is 13.0 Å². The Morgan fingerprint density at radius 1 is 1.67 bits per heavy atom. The standard InChI is InChI=1S/C6H14O2Si/c1-4-5-6-8-9(3)7-2/h4,9H,1,5-6H2,2-3H3. The van der Waals surface area contributed by atoms with Gasteiger partial charge in [0.2, 0.25) is 0 Å². The first kappa shape index (κ1) is 8.88. The monoisotopic (exact) mass is 146 g/mol. The molecule has 0 aromatic rings. The van der Waals surface area contributed by atoms with Crippen molar-refractivity contribution in [3.8, 4) is 0 Å². The lowest BCUT2D eigenvalue weighted by atomic mass is 10.5. The van der Waals surface area contributed by atoms with E-state index in [0.717, 1.165) is 13.0 Å². The molecule has 9 heavy (non-hydrogen) atoms. The number of hydrogen-bond donors (Lipinski definition) is 0. The van der Waals surface area contributed by atoms with Gasteiger partial charge in [-0.15, -0.1) is 6.58 Å². The van der Waals surface area contributed by atoms with Gasteiger partial charge in [0.05, 0.1) is 0 Å². The minimum atomic E-state index is -1.26.